The van der Waals surface area contributed by atoms with Gasteiger partial charge in [0, 0.05) is 17.6 Å². The van der Waals surface area contributed by atoms with Crippen molar-refractivity contribution in [2.45, 2.75) is 12.5 Å². The summed E-state index contributed by atoms with van der Waals surface area (Å²) in [5.41, 5.74) is 1.50. The largest absolute Gasteiger partial charge is 0.465 e. The first-order chi connectivity index (χ1) is 12.1. The van der Waals surface area contributed by atoms with Gasteiger partial charge in [-0.05, 0) is 40.0 Å². The molecule has 3 rings (SSSR count). The first-order valence-corrected chi connectivity index (χ1v) is 8.75. The van der Waals surface area contributed by atoms with Crippen molar-refractivity contribution >= 4 is 33.6 Å². The molecule has 1 atom stereocenters. The molecule has 2 aromatic rings. The van der Waals surface area contributed by atoms with Crippen LogP contribution in [0.25, 0.3) is 0 Å². The number of carbonyl (C=O) groups excluding carboxylic acids is 1. The highest BCUT2D eigenvalue weighted by Crippen LogP contribution is 2.31. The summed E-state index contributed by atoms with van der Waals surface area (Å²) in [6.07, 6.45) is -0.407. The molecule has 1 saturated heterocycles. The van der Waals surface area contributed by atoms with E-state index in [1.54, 1.807) is 29.3 Å². The topological polar surface area (TPSA) is 72.9 Å². The number of para-hydroxylation sites is 1. The Balaban J connectivity index is 1.90. The second-order valence-electron chi connectivity index (χ2n) is 5.68. The number of nitrogens with one attached hydrogen (secondary N) is 1. The van der Waals surface area contributed by atoms with Gasteiger partial charge in [0.05, 0.1) is 5.69 Å². The fourth-order valence-corrected chi connectivity index (χ4v) is 3.45. The summed E-state index contributed by atoms with van der Waals surface area (Å²) in [5, 5.41) is 15.0. The number of hydrogen-bond acceptors (Lipinski definition) is 3. The van der Waals surface area contributed by atoms with Gasteiger partial charge in [0.25, 0.3) is 5.91 Å². The minimum absolute atomic E-state index is 0.290. The third-order valence-corrected chi connectivity index (χ3v) is 4.73. The lowest BCUT2D eigenvalue weighted by Crippen LogP contribution is -2.48. The maximum absolute atomic E-state index is 13.1. The normalized spacial score (nSPS) is 15.1. The Kier molecular flexibility index (Phi) is 5.23. The van der Waals surface area contributed by atoms with Crippen LogP contribution in [-0.2, 0) is 4.79 Å². The molecule has 0 aromatic heterocycles. The van der Waals surface area contributed by atoms with Gasteiger partial charge in [-0.1, -0.05) is 42.5 Å². The molecule has 130 valence electrons. The highest BCUT2D eigenvalue weighted by molar-refractivity contribution is 9.10. The highest BCUT2D eigenvalue weighted by Gasteiger charge is 2.34. The van der Waals surface area contributed by atoms with Crippen molar-refractivity contribution in [2.75, 3.05) is 18.1 Å². The second kappa shape index (κ2) is 7.57. The van der Waals surface area contributed by atoms with E-state index in [-0.39, 0.29) is 5.91 Å². The van der Waals surface area contributed by atoms with E-state index in [1.165, 1.54) is 0 Å². The number of carboxylic acid groups (broad SMARTS) is 1. The number of rotatable bonds is 4. The van der Waals surface area contributed by atoms with Crippen molar-refractivity contribution in [3.05, 3.63) is 64.6 Å². The van der Waals surface area contributed by atoms with Crippen LogP contribution in [0.4, 0.5) is 10.5 Å². The summed E-state index contributed by atoms with van der Waals surface area (Å²) in [6.45, 7) is 1.24. The van der Waals surface area contributed by atoms with Crippen molar-refractivity contribution in [1.29, 1.82) is 0 Å². The Morgan fingerprint density at radius 1 is 1.04 bits per heavy atom. The molecule has 0 bridgehead atoms. The van der Waals surface area contributed by atoms with E-state index >= 15 is 0 Å². The fraction of sp³-hybridized carbons (Fsp3) is 0.222. The molecule has 0 aliphatic carbocycles. The van der Waals surface area contributed by atoms with Crippen molar-refractivity contribution < 1.29 is 14.7 Å². The Labute approximate surface area is 154 Å². The van der Waals surface area contributed by atoms with Crippen molar-refractivity contribution in [1.82, 2.24) is 10.3 Å². The van der Waals surface area contributed by atoms with Crippen LogP contribution >= 0.6 is 15.9 Å². The van der Waals surface area contributed by atoms with Crippen LogP contribution in [0.1, 0.15) is 18.0 Å². The Morgan fingerprint density at radius 3 is 2.40 bits per heavy atom. The zero-order valence-corrected chi connectivity index (χ0v) is 15.0. The second-order valence-corrected chi connectivity index (χ2v) is 6.54. The Morgan fingerprint density at radius 2 is 1.72 bits per heavy atom. The summed E-state index contributed by atoms with van der Waals surface area (Å²) < 4.78 is 0.886. The van der Waals surface area contributed by atoms with Crippen LogP contribution in [0.5, 0.6) is 0 Å². The van der Waals surface area contributed by atoms with Gasteiger partial charge in [0.2, 0.25) is 0 Å². The van der Waals surface area contributed by atoms with Crippen molar-refractivity contribution in [3.63, 3.8) is 0 Å². The maximum Gasteiger partial charge on any atom is 0.405 e. The Bertz CT molecular complexity index is 769. The highest BCUT2D eigenvalue weighted by atomic mass is 79.9. The van der Waals surface area contributed by atoms with Crippen LogP contribution in [-0.4, -0.2) is 35.2 Å². The molecule has 1 fully saturated rings. The zero-order valence-electron chi connectivity index (χ0n) is 13.4. The molecule has 7 heteroatoms. The van der Waals surface area contributed by atoms with Gasteiger partial charge in [0.15, 0.2) is 0 Å². The first-order valence-electron chi connectivity index (χ1n) is 7.95. The van der Waals surface area contributed by atoms with Gasteiger partial charge < -0.3 is 10.4 Å². The van der Waals surface area contributed by atoms with Crippen LogP contribution in [0.3, 0.4) is 0 Å². The van der Waals surface area contributed by atoms with E-state index in [2.05, 4.69) is 21.2 Å². The predicted molar refractivity (Wildman–Crippen MR) is 98.2 cm³/mol. The van der Waals surface area contributed by atoms with Gasteiger partial charge >= 0.3 is 6.09 Å². The molecular formula is C18H18BrN3O3. The molecule has 2 aromatic carbocycles. The van der Waals surface area contributed by atoms with E-state index < -0.39 is 12.1 Å². The lowest BCUT2D eigenvalue weighted by Gasteiger charge is -2.33. The SMILES string of the molecule is O=C(O)NC(C(=O)N1CCCN1c1ccccc1Br)c1ccccc1. The lowest BCUT2D eigenvalue weighted by molar-refractivity contribution is -0.133. The minimum atomic E-state index is -1.23. The van der Waals surface area contributed by atoms with Crippen LogP contribution in [0.15, 0.2) is 59.1 Å². The van der Waals surface area contributed by atoms with Crippen molar-refractivity contribution in [3.8, 4) is 0 Å². The number of carbonyl (C=O) groups is 2. The number of hydrogen-bond donors (Lipinski definition) is 2. The number of benzene rings is 2. The number of halogens is 1. The summed E-state index contributed by atoms with van der Waals surface area (Å²) in [4.78, 5) is 24.3. The maximum atomic E-state index is 13.1. The van der Waals surface area contributed by atoms with E-state index in [1.807, 2.05) is 35.3 Å². The molecule has 1 aliphatic heterocycles. The predicted octanol–water partition coefficient (Wildman–Crippen LogP) is 3.41. The van der Waals surface area contributed by atoms with Gasteiger partial charge in [-0.25, -0.2) is 4.79 Å². The molecule has 0 radical (unpaired) electrons. The summed E-state index contributed by atoms with van der Waals surface area (Å²) in [5.74, 6) is -0.290. The molecule has 1 unspecified atom stereocenters. The molecule has 25 heavy (non-hydrogen) atoms. The lowest BCUT2D eigenvalue weighted by atomic mass is 10.1. The van der Waals surface area contributed by atoms with Gasteiger partial charge in [-0.15, -0.1) is 0 Å². The van der Waals surface area contributed by atoms with Crippen molar-refractivity contribution in [2.24, 2.45) is 0 Å². The van der Waals surface area contributed by atoms with Gasteiger partial charge in [0.1, 0.15) is 6.04 Å². The van der Waals surface area contributed by atoms with E-state index in [0.717, 1.165) is 16.6 Å². The molecule has 1 heterocycles. The monoisotopic (exact) mass is 403 g/mol. The van der Waals surface area contributed by atoms with Crippen LogP contribution < -0.4 is 10.3 Å². The molecule has 2 N–H and O–H groups in total. The summed E-state index contributed by atoms with van der Waals surface area (Å²) >= 11 is 3.52. The van der Waals surface area contributed by atoms with Gasteiger partial charge in [-0.2, -0.15) is 0 Å². The molecule has 1 aliphatic rings. The first kappa shape index (κ1) is 17.3. The molecular weight excluding hydrogens is 386 g/mol. The third kappa shape index (κ3) is 3.76. The van der Waals surface area contributed by atoms with E-state index in [9.17, 15) is 9.59 Å². The van der Waals surface area contributed by atoms with Crippen LogP contribution in [0, 0.1) is 0 Å². The third-order valence-electron chi connectivity index (χ3n) is 4.06. The molecule has 0 saturated carbocycles. The minimum Gasteiger partial charge on any atom is -0.465 e. The summed E-state index contributed by atoms with van der Waals surface area (Å²) in [7, 11) is 0. The molecule has 2 amide bonds. The van der Waals surface area contributed by atoms with E-state index in [0.29, 0.717) is 18.7 Å². The quantitative estimate of drug-likeness (QED) is 0.820. The number of amides is 2. The smallest absolute Gasteiger partial charge is 0.405 e. The number of hydrazine groups is 1. The number of nitrogens with zero attached hydrogens (tertiary/aromatic N) is 2. The summed E-state index contributed by atoms with van der Waals surface area (Å²) in [6, 6.07) is 15.6. The van der Waals surface area contributed by atoms with Crippen LogP contribution in [0.2, 0.25) is 0 Å². The fourth-order valence-electron chi connectivity index (χ4n) is 2.96. The molecule has 6 nitrogen and oxygen atoms in total. The van der Waals surface area contributed by atoms with Gasteiger partial charge in [-0.3, -0.25) is 14.8 Å². The van der Waals surface area contributed by atoms with E-state index in [4.69, 9.17) is 5.11 Å². The average molecular weight is 404 g/mol. The standard InChI is InChI=1S/C18H18BrN3O3/c19-14-9-4-5-10-15(14)21-11-6-12-22(21)17(23)16(20-18(24)25)13-7-2-1-3-8-13/h1-5,7-10,16,20H,6,11-12H2,(H,24,25). The average Bonchev–Trinajstić information content (AvgIpc) is 3.09. The zero-order chi connectivity index (χ0) is 17.8. The molecule has 0 spiro atoms. The number of anilines is 1. The Hall–Kier alpha value is -2.54.